The fourth-order valence-corrected chi connectivity index (χ4v) is 3.88. The monoisotopic (exact) mass is 252 g/mol. The minimum Gasteiger partial charge on any atom is -0.530 e. The number of amides is 1. The summed E-state index contributed by atoms with van der Waals surface area (Å²) in [6.07, 6.45) is 9.82. The van der Waals surface area contributed by atoms with Gasteiger partial charge in [-0.2, -0.15) is 0 Å². The number of unbranched alkanes of at least 4 members (excludes halogenated alkanes) is 1. The molecule has 2 saturated carbocycles. The zero-order chi connectivity index (χ0) is 13.0. The van der Waals surface area contributed by atoms with Gasteiger partial charge in [0.15, 0.2) is 0 Å². The maximum Gasteiger partial charge on any atom is 0.137 e. The first-order valence-corrected chi connectivity index (χ1v) is 7.70. The first kappa shape index (κ1) is 13.7. The minimum absolute atomic E-state index is 0.237. The van der Waals surface area contributed by atoms with E-state index < -0.39 is 6.09 Å². The first-order valence-electron chi connectivity index (χ1n) is 7.70. The van der Waals surface area contributed by atoms with Gasteiger partial charge in [0.25, 0.3) is 0 Å². The fraction of sp³-hybridized carbons (Fsp3) is 0.933. The van der Waals surface area contributed by atoms with Crippen LogP contribution in [0.1, 0.15) is 64.7 Å². The van der Waals surface area contributed by atoms with Crippen molar-refractivity contribution in [3.05, 3.63) is 0 Å². The van der Waals surface area contributed by atoms with Crippen LogP contribution in [0.4, 0.5) is 4.79 Å². The summed E-state index contributed by atoms with van der Waals surface area (Å²) in [4.78, 5) is 12.9. The van der Waals surface area contributed by atoms with E-state index in [0.717, 1.165) is 37.5 Å². The lowest BCUT2D eigenvalue weighted by molar-refractivity contribution is -0.269. The molecule has 2 aliphatic rings. The number of hydrogen-bond acceptors (Lipinski definition) is 2. The van der Waals surface area contributed by atoms with Crippen molar-refractivity contribution in [1.29, 1.82) is 0 Å². The summed E-state index contributed by atoms with van der Waals surface area (Å²) in [5.41, 5.74) is 0. The van der Waals surface area contributed by atoms with Gasteiger partial charge in [-0.05, 0) is 37.5 Å². The second-order valence-corrected chi connectivity index (χ2v) is 6.08. The molecule has 2 aliphatic carbocycles. The highest BCUT2D eigenvalue weighted by Gasteiger charge is 2.34. The van der Waals surface area contributed by atoms with Crippen LogP contribution in [0, 0.1) is 11.8 Å². The number of carbonyl (C=O) groups is 1. The van der Waals surface area contributed by atoms with Crippen LogP contribution in [0.3, 0.4) is 0 Å². The van der Waals surface area contributed by atoms with Crippen LogP contribution >= 0.6 is 0 Å². The molecule has 2 fully saturated rings. The van der Waals surface area contributed by atoms with Crippen molar-refractivity contribution in [2.24, 2.45) is 11.8 Å². The highest BCUT2D eigenvalue weighted by molar-refractivity contribution is 5.62. The van der Waals surface area contributed by atoms with Crippen molar-refractivity contribution >= 4 is 6.09 Å². The average Bonchev–Trinajstić information content (AvgIpc) is 2.38. The number of hydrogen-bond donors (Lipinski definition) is 0. The summed E-state index contributed by atoms with van der Waals surface area (Å²) in [5.74, 6) is 1.66. The average molecular weight is 252 g/mol. The van der Waals surface area contributed by atoms with Crippen LogP contribution in [-0.2, 0) is 0 Å². The molecule has 18 heavy (non-hydrogen) atoms. The van der Waals surface area contributed by atoms with Crippen LogP contribution in [0.2, 0.25) is 0 Å². The molecule has 0 N–H and O–H groups in total. The van der Waals surface area contributed by atoms with Crippen molar-refractivity contribution in [2.45, 2.75) is 70.8 Å². The normalized spacial score (nSPS) is 31.7. The molecule has 3 atom stereocenters. The Bertz CT molecular complexity index is 280. The Morgan fingerprint density at radius 2 is 1.89 bits per heavy atom. The Morgan fingerprint density at radius 1 is 1.17 bits per heavy atom. The largest absolute Gasteiger partial charge is 0.530 e. The van der Waals surface area contributed by atoms with E-state index in [-0.39, 0.29) is 6.04 Å². The topological polar surface area (TPSA) is 43.4 Å². The highest BCUT2D eigenvalue weighted by atomic mass is 16.4. The van der Waals surface area contributed by atoms with Crippen LogP contribution in [-0.4, -0.2) is 23.6 Å². The summed E-state index contributed by atoms with van der Waals surface area (Å²) in [6, 6.07) is 0.237. The Balaban J connectivity index is 1.92. The van der Waals surface area contributed by atoms with Crippen molar-refractivity contribution in [2.75, 3.05) is 6.54 Å². The summed E-state index contributed by atoms with van der Waals surface area (Å²) >= 11 is 0. The molecule has 0 spiro atoms. The third kappa shape index (κ3) is 3.18. The smallest absolute Gasteiger partial charge is 0.137 e. The molecule has 0 heterocycles. The lowest BCUT2D eigenvalue weighted by atomic mass is 9.69. The van der Waals surface area contributed by atoms with Crippen LogP contribution < -0.4 is 5.11 Å². The number of rotatable bonds is 4. The SMILES string of the molecule is CCCCN(C(=O)[O-])C1CCC2CCCCC2C1. The Labute approximate surface area is 111 Å². The molecule has 3 unspecified atom stereocenters. The summed E-state index contributed by atoms with van der Waals surface area (Å²) in [5, 5.41) is 11.3. The van der Waals surface area contributed by atoms with Gasteiger partial charge in [-0.1, -0.05) is 39.0 Å². The van der Waals surface area contributed by atoms with E-state index in [9.17, 15) is 9.90 Å². The maximum atomic E-state index is 11.3. The molecule has 0 aromatic rings. The van der Waals surface area contributed by atoms with Gasteiger partial charge < -0.3 is 14.8 Å². The second kappa shape index (κ2) is 6.44. The van der Waals surface area contributed by atoms with E-state index in [1.165, 1.54) is 32.1 Å². The van der Waals surface area contributed by atoms with E-state index in [1.807, 2.05) is 0 Å². The van der Waals surface area contributed by atoms with Crippen molar-refractivity contribution in [3.63, 3.8) is 0 Å². The molecule has 2 rings (SSSR count). The van der Waals surface area contributed by atoms with E-state index in [1.54, 1.807) is 4.90 Å². The lowest BCUT2D eigenvalue weighted by Gasteiger charge is -2.44. The number of carbonyl (C=O) groups excluding carboxylic acids is 1. The van der Waals surface area contributed by atoms with Crippen molar-refractivity contribution < 1.29 is 9.90 Å². The quantitative estimate of drug-likeness (QED) is 0.772. The Kier molecular flexibility index (Phi) is 4.90. The summed E-state index contributed by atoms with van der Waals surface area (Å²) in [7, 11) is 0. The van der Waals surface area contributed by atoms with E-state index in [0.29, 0.717) is 6.54 Å². The lowest BCUT2D eigenvalue weighted by Crippen LogP contribution is -2.50. The van der Waals surface area contributed by atoms with Gasteiger partial charge in [-0.3, -0.25) is 0 Å². The first-order chi connectivity index (χ1) is 8.72. The molecule has 104 valence electrons. The van der Waals surface area contributed by atoms with Crippen LogP contribution in [0.25, 0.3) is 0 Å². The fourth-order valence-electron chi connectivity index (χ4n) is 3.88. The molecule has 0 aromatic heterocycles. The zero-order valence-electron chi connectivity index (χ0n) is 11.6. The minimum atomic E-state index is -0.956. The number of fused-ring (bicyclic) bond motifs is 1. The van der Waals surface area contributed by atoms with Crippen molar-refractivity contribution in [3.8, 4) is 0 Å². The van der Waals surface area contributed by atoms with Gasteiger partial charge in [0.1, 0.15) is 6.09 Å². The predicted octanol–water partition coefficient (Wildman–Crippen LogP) is 2.79. The third-order valence-electron chi connectivity index (χ3n) is 4.94. The van der Waals surface area contributed by atoms with Gasteiger partial charge in [-0.25, -0.2) is 0 Å². The zero-order valence-corrected chi connectivity index (χ0v) is 11.6. The standard InChI is InChI=1S/C15H27NO2/c1-2-3-10-16(15(17)18)14-9-8-12-6-4-5-7-13(12)11-14/h12-14H,2-11H2,1H3,(H,17,18)/p-1. The highest BCUT2D eigenvalue weighted by Crippen LogP contribution is 2.41. The van der Waals surface area contributed by atoms with Crippen LogP contribution in [0.15, 0.2) is 0 Å². The molecule has 0 bridgehead atoms. The van der Waals surface area contributed by atoms with Gasteiger partial charge in [0, 0.05) is 12.6 Å². The Hall–Kier alpha value is -0.730. The van der Waals surface area contributed by atoms with Crippen LogP contribution in [0.5, 0.6) is 0 Å². The number of nitrogens with zero attached hydrogens (tertiary/aromatic N) is 1. The third-order valence-corrected chi connectivity index (χ3v) is 4.94. The van der Waals surface area contributed by atoms with E-state index >= 15 is 0 Å². The van der Waals surface area contributed by atoms with Gasteiger partial charge >= 0.3 is 0 Å². The molecule has 0 aliphatic heterocycles. The molecule has 3 nitrogen and oxygen atoms in total. The van der Waals surface area contributed by atoms with Crippen molar-refractivity contribution in [1.82, 2.24) is 4.90 Å². The molecular formula is C15H26NO2-. The molecule has 3 heteroatoms. The molecule has 0 aromatic carbocycles. The Morgan fingerprint density at radius 3 is 2.56 bits per heavy atom. The van der Waals surface area contributed by atoms with Gasteiger partial charge in [0.05, 0.1) is 0 Å². The summed E-state index contributed by atoms with van der Waals surface area (Å²) in [6.45, 7) is 2.77. The van der Waals surface area contributed by atoms with Gasteiger partial charge in [-0.15, -0.1) is 0 Å². The van der Waals surface area contributed by atoms with Gasteiger partial charge in [0.2, 0.25) is 0 Å². The predicted molar refractivity (Wildman–Crippen MR) is 70.1 cm³/mol. The molecule has 0 radical (unpaired) electrons. The molecule has 1 amide bonds. The molecule has 0 saturated heterocycles. The second-order valence-electron chi connectivity index (χ2n) is 6.08. The summed E-state index contributed by atoms with van der Waals surface area (Å²) < 4.78 is 0. The maximum absolute atomic E-state index is 11.3. The van der Waals surface area contributed by atoms with E-state index in [4.69, 9.17) is 0 Å². The molecular weight excluding hydrogens is 226 g/mol. The van der Waals surface area contributed by atoms with E-state index in [2.05, 4.69) is 6.92 Å². The number of carboxylic acid groups (broad SMARTS) is 1.